The molecule has 0 atom stereocenters. The van der Waals surface area contributed by atoms with E-state index in [2.05, 4.69) is 18.0 Å². The van der Waals surface area contributed by atoms with E-state index in [0.717, 1.165) is 5.69 Å². The summed E-state index contributed by atoms with van der Waals surface area (Å²) in [5, 5.41) is 16.9. The van der Waals surface area contributed by atoms with Crippen molar-refractivity contribution < 1.29 is 40.9 Å². The van der Waals surface area contributed by atoms with Gasteiger partial charge in [-0.3, -0.25) is 14.6 Å². The summed E-state index contributed by atoms with van der Waals surface area (Å²) < 4.78 is 0. The van der Waals surface area contributed by atoms with E-state index in [-0.39, 0.29) is 40.1 Å². The van der Waals surface area contributed by atoms with Crippen molar-refractivity contribution in [1.29, 1.82) is 0 Å². The Bertz CT molecular complexity index is 428. The third kappa shape index (κ3) is 5.02. The van der Waals surface area contributed by atoms with Crippen LogP contribution in [-0.4, -0.2) is 27.1 Å². The maximum Gasteiger partial charge on any atom is 0.321 e. The standard InChI is InChI=1S/C7H9N.C6H8O4.H3N.Pt/c1-6-3-4-8-7(2)5-6;7-4(8)6(5(9)10)2-1-3-6;;/h3-5H,1-2H3;1-3H2,(H,7,8)(H,9,10);1H3;. The van der Waals surface area contributed by atoms with Crippen LogP contribution < -0.4 is 6.15 Å². The molecule has 5 N–H and O–H groups in total. The molecule has 0 spiro atoms. The van der Waals surface area contributed by atoms with Crippen molar-refractivity contribution in [2.75, 3.05) is 0 Å². The van der Waals surface area contributed by atoms with Gasteiger partial charge in [-0.25, -0.2) is 0 Å². The van der Waals surface area contributed by atoms with Crippen LogP contribution in [0.4, 0.5) is 0 Å². The SMILES string of the molecule is Cc1ccnc(C)c1.N.O=C(O)C1(C(=O)O)CCC1.[Pt]. The zero-order valence-corrected chi connectivity index (χ0v) is 13.8. The Morgan fingerprint density at radius 3 is 1.85 bits per heavy atom. The van der Waals surface area contributed by atoms with Crippen molar-refractivity contribution in [1.82, 2.24) is 11.1 Å². The van der Waals surface area contributed by atoms with Crippen molar-refractivity contribution in [2.45, 2.75) is 33.1 Å². The van der Waals surface area contributed by atoms with Gasteiger partial charge in [-0.15, -0.1) is 0 Å². The molecule has 0 aliphatic heterocycles. The fraction of sp³-hybridized carbons (Fsp3) is 0.462. The Hall–Kier alpha value is -1.26. The molecule has 7 heteroatoms. The Balaban J connectivity index is 0. The molecule has 1 aromatic rings. The molecule has 1 aliphatic rings. The van der Waals surface area contributed by atoms with Crippen LogP contribution in [0.15, 0.2) is 18.3 Å². The second-order valence-electron chi connectivity index (χ2n) is 4.52. The maximum atomic E-state index is 10.4. The van der Waals surface area contributed by atoms with Gasteiger partial charge in [-0.05, 0) is 50.8 Å². The molecule has 0 aromatic carbocycles. The number of aromatic nitrogens is 1. The fourth-order valence-electron chi connectivity index (χ4n) is 1.74. The molecule has 0 unspecified atom stereocenters. The number of hydrogen-bond acceptors (Lipinski definition) is 4. The van der Waals surface area contributed by atoms with Crippen LogP contribution in [0, 0.1) is 19.3 Å². The zero-order valence-electron chi connectivity index (χ0n) is 11.5. The number of carboxylic acid groups (broad SMARTS) is 2. The molecule has 20 heavy (non-hydrogen) atoms. The number of hydrogen-bond donors (Lipinski definition) is 3. The number of nitrogens with zero attached hydrogens (tertiary/aromatic N) is 1. The van der Waals surface area contributed by atoms with Crippen molar-refractivity contribution >= 4 is 11.9 Å². The van der Waals surface area contributed by atoms with E-state index in [1.165, 1.54) is 5.56 Å². The first kappa shape index (κ1) is 21.0. The molecule has 2 rings (SSSR count). The predicted octanol–water partition coefficient (Wildman–Crippen LogP) is 2.18. The summed E-state index contributed by atoms with van der Waals surface area (Å²) in [6, 6.07) is 4.05. The average Bonchev–Trinajstić information content (AvgIpc) is 2.14. The molecule has 1 saturated carbocycles. The van der Waals surface area contributed by atoms with Gasteiger partial charge in [0.25, 0.3) is 0 Å². The Morgan fingerprint density at radius 2 is 1.70 bits per heavy atom. The van der Waals surface area contributed by atoms with E-state index in [4.69, 9.17) is 10.2 Å². The third-order valence-electron chi connectivity index (χ3n) is 3.08. The molecule has 1 fully saturated rings. The number of aryl methyl sites for hydroxylation is 2. The maximum absolute atomic E-state index is 10.4. The van der Waals surface area contributed by atoms with Crippen molar-refractivity contribution in [3.63, 3.8) is 0 Å². The minimum absolute atomic E-state index is 0. The summed E-state index contributed by atoms with van der Waals surface area (Å²) in [6.07, 6.45) is 3.08. The topological polar surface area (TPSA) is 122 Å². The van der Waals surface area contributed by atoms with Gasteiger partial charge in [0.05, 0.1) is 0 Å². The minimum Gasteiger partial charge on any atom is -0.480 e. The predicted molar refractivity (Wildman–Crippen MR) is 70.3 cm³/mol. The van der Waals surface area contributed by atoms with Gasteiger partial charge in [-0.2, -0.15) is 0 Å². The fourth-order valence-corrected chi connectivity index (χ4v) is 1.74. The molecule has 116 valence electrons. The van der Waals surface area contributed by atoms with Gasteiger partial charge < -0.3 is 16.4 Å². The molecule has 6 nitrogen and oxygen atoms in total. The Kier molecular flexibility index (Phi) is 9.28. The first-order chi connectivity index (χ1) is 8.38. The number of pyridine rings is 1. The first-order valence-corrected chi connectivity index (χ1v) is 5.74. The van der Waals surface area contributed by atoms with Crippen LogP contribution in [0.3, 0.4) is 0 Å². The summed E-state index contributed by atoms with van der Waals surface area (Å²) in [5.74, 6) is -2.41. The van der Waals surface area contributed by atoms with Gasteiger partial charge in [0.1, 0.15) is 0 Å². The minimum atomic E-state index is -1.44. The molecule has 0 radical (unpaired) electrons. The van der Waals surface area contributed by atoms with Crippen molar-refractivity contribution in [3.05, 3.63) is 29.6 Å². The van der Waals surface area contributed by atoms with Gasteiger partial charge in [0, 0.05) is 33.0 Å². The molecule has 0 amide bonds. The van der Waals surface area contributed by atoms with Gasteiger partial charge in [-0.1, -0.05) is 0 Å². The summed E-state index contributed by atoms with van der Waals surface area (Å²) in [6.45, 7) is 4.06. The Labute approximate surface area is 132 Å². The van der Waals surface area contributed by atoms with Crippen molar-refractivity contribution in [2.24, 2.45) is 5.41 Å². The summed E-state index contributed by atoms with van der Waals surface area (Å²) in [5.41, 5.74) is 0.919. The third-order valence-corrected chi connectivity index (χ3v) is 3.08. The quantitative estimate of drug-likeness (QED) is 0.578. The molecule has 1 aliphatic carbocycles. The summed E-state index contributed by atoms with van der Waals surface area (Å²) >= 11 is 0. The molecule has 1 aromatic heterocycles. The number of carboxylic acids is 2. The van der Waals surface area contributed by atoms with Crippen LogP contribution in [0.2, 0.25) is 0 Å². The number of aliphatic carboxylic acids is 2. The van der Waals surface area contributed by atoms with E-state index in [9.17, 15) is 9.59 Å². The molecule has 0 saturated heterocycles. The van der Waals surface area contributed by atoms with E-state index < -0.39 is 17.4 Å². The second-order valence-corrected chi connectivity index (χ2v) is 4.52. The zero-order chi connectivity index (χ0) is 13.8. The number of carbonyl (C=O) groups is 2. The molecule has 0 bridgehead atoms. The van der Waals surface area contributed by atoms with Crippen LogP contribution in [0.1, 0.15) is 30.5 Å². The first-order valence-electron chi connectivity index (χ1n) is 5.74. The smallest absolute Gasteiger partial charge is 0.321 e. The van der Waals surface area contributed by atoms with Gasteiger partial charge in [0.15, 0.2) is 5.41 Å². The Morgan fingerprint density at radius 1 is 1.20 bits per heavy atom. The van der Waals surface area contributed by atoms with Gasteiger partial charge in [0.2, 0.25) is 0 Å². The van der Waals surface area contributed by atoms with Crippen LogP contribution in [0.5, 0.6) is 0 Å². The second kappa shape index (κ2) is 8.82. The normalized spacial score (nSPS) is 14.3. The van der Waals surface area contributed by atoms with E-state index >= 15 is 0 Å². The van der Waals surface area contributed by atoms with E-state index in [1.807, 2.05) is 19.2 Å². The summed E-state index contributed by atoms with van der Waals surface area (Å²) in [7, 11) is 0. The number of rotatable bonds is 2. The average molecular weight is 463 g/mol. The summed E-state index contributed by atoms with van der Waals surface area (Å²) in [4.78, 5) is 24.8. The van der Waals surface area contributed by atoms with E-state index in [0.29, 0.717) is 6.42 Å². The molecular formula is C13H20N2O4Pt. The molecule has 1 heterocycles. The van der Waals surface area contributed by atoms with Crippen molar-refractivity contribution in [3.8, 4) is 0 Å². The van der Waals surface area contributed by atoms with Gasteiger partial charge >= 0.3 is 11.9 Å². The molecular weight excluding hydrogens is 443 g/mol. The van der Waals surface area contributed by atoms with Crippen LogP contribution in [-0.2, 0) is 30.7 Å². The van der Waals surface area contributed by atoms with E-state index in [1.54, 1.807) is 0 Å². The van der Waals surface area contributed by atoms with Crippen LogP contribution in [0.25, 0.3) is 0 Å². The van der Waals surface area contributed by atoms with Crippen LogP contribution >= 0.6 is 0 Å². The monoisotopic (exact) mass is 463 g/mol. The largest absolute Gasteiger partial charge is 0.480 e.